The van der Waals surface area contributed by atoms with Crippen molar-refractivity contribution in [1.29, 1.82) is 0 Å². The van der Waals surface area contributed by atoms with Crippen molar-refractivity contribution in [2.24, 2.45) is 0 Å². The number of rotatable bonds is 3. The van der Waals surface area contributed by atoms with Crippen molar-refractivity contribution in [2.45, 2.75) is 20.3 Å². The molecule has 0 aliphatic heterocycles. The summed E-state index contributed by atoms with van der Waals surface area (Å²) in [5.74, 6) is -0.145. The minimum Gasteiger partial charge on any atom is -0.321 e. The van der Waals surface area contributed by atoms with Gasteiger partial charge in [0, 0.05) is 16.4 Å². The van der Waals surface area contributed by atoms with Gasteiger partial charge in [-0.05, 0) is 43.2 Å². The lowest BCUT2D eigenvalue weighted by molar-refractivity contribution is 0.102. The summed E-state index contributed by atoms with van der Waals surface area (Å²) in [7, 11) is 0. The van der Waals surface area contributed by atoms with E-state index in [0.29, 0.717) is 12.1 Å². The molecule has 0 aliphatic carbocycles. The highest BCUT2D eigenvalue weighted by molar-refractivity contribution is 9.10. The van der Waals surface area contributed by atoms with E-state index in [4.69, 9.17) is 0 Å². The first-order chi connectivity index (χ1) is 10.6. The van der Waals surface area contributed by atoms with Crippen molar-refractivity contribution in [3.8, 4) is 0 Å². The molecule has 1 N–H and O–H groups in total. The maximum Gasteiger partial charge on any atom is 0.274 e. The summed E-state index contributed by atoms with van der Waals surface area (Å²) in [4.78, 5) is 17.3. The van der Waals surface area contributed by atoms with Crippen LogP contribution < -0.4 is 5.32 Å². The van der Waals surface area contributed by atoms with Crippen LogP contribution in [0.3, 0.4) is 0 Å². The van der Waals surface area contributed by atoms with Gasteiger partial charge in [0.2, 0.25) is 0 Å². The molecule has 1 aromatic carbocycles. The zero-order valence-corrected chi connectivity index (χ0v) is 14.0. The normalized spacial score (nSPS) is 10.9. The maximum atomic E-state index is 12.7. The van der Waals surface area contributed by atoms with Gasteiger partial charge in [0.1, 0.15) is 11.3 Å². The first-order valence-electron chi connectivity index (χ1n) is 7.13. The number of imidazole rings is 1. The summed E-state index contributed by atoms with van der Waals surface area (Å²) in [5, 5.41) is 2.94. The number of carbonyl (C=O) groups excluding carboxylic acids is 1. The van der Waals surface area contributed by atoms with Gasteiger partial charge in [-0.25, -0.2) is 4.98 Å². The number of hydrogen-bond acceptors (Lipinski definition) is 2. The predicted octanol–water partition coefficient (Wildman–Crippen LogP) is 4.22. The standard InChI is InChI=1S/C17H16BrN3O/c1-3-14-15(21-9-5-6-11(2)16(21)20-14)17(22)19-13-8-4-7-12(18)10-13/h4-10H,3H2,1-2H3,(H,19,22). The van der Waals surface area contributed by atoms with E-state index in [1.807, 2.05) is 60.8 Å². The molecule has 0 spiro atoms. The lowest BCUT2D eigenvalue weighted by Gasteiger charge is -2.07. The van der Waals surface area contributed by atoms with Crippen LogP contribution in [-0.4, -0.2) is 15.3 Å². The van der Waals surface area contributed by atoms with Gasteiger partial charge in [-0.15, -0.1) is 0 Å². The third-order valence-corrected chi connectivity index (χ3v) is 4.04. The molecule has 3 rings (SSSR count). The van der Waals surface area contributed by atoms with E-state index in [2.05, 4.69) is 26.2 Å². The SMILES string of the molecule is CCc1nc2c(C)cccn2c1C(=O)Nc1cccc(Br)c1. The Morgan fingerprint density at radius 3 is 2.86 bits per heavy atom. The van der Waals surface area contributed by atoms with Crippen molar-refractivity contribution in [3.05, 3.63) is 64.0 Å². The molecule has 0 aliphatic rings. The Kier molecular flexibility index (Phi) is 3.98. The molecule has 0 unspecified atom stereocenters. The molecule has 2 heterocycles. The number of nitrogens with one attached hydrogen (secondary N) is 1. The highest BCUT2D eigenvalue weighted by Crippen LogP contribution is 2.20. The Bertz CT molecular complexity index is 854. The van der Waals surface area contributed by atoms with Crippen molar-refractivity contribution in [3.63, 3.8) is 0 Å². The van der Waals surface area contributed by atoms with Gasteiger partial charge in [0.05, 0.1) is 5.69 Å². The molecule has 0 saturated heterocycles. The smallest absolute Gasteiger partial charge is 0.274 e. The number of hydrogen-bond donors (Lipinski definition) is 1. The fourth-order valence-corrected chi connectivity index (χ4v) is 2.89. The summed E-state index contributed by atoms with van der Waals surface area (Å²) in [5.41, 5.74) is 4.05. The van der Waals surface area contributed by atoms with E-state index in [1.54, 1.807) is 0 Å². The molecule has 4 nitrogen and oxygen atoms in total. The third-order valence-electron chi connectivity index (χ3n) is 3.55. The largest absolute Gasteiger partial charge is 0.321 e. The van der Waals surface area contributed by atoms with E-state index in [-0.39, 0.29) is 5.91 Å². The van der Waals surface area contributed by atoms with Crippen molar-refractivity contribution < 1.29 is 4.79 Å². The minimum atomic E-state index is -0.145. The Morgan fingerprint density at radius 1 is 1.32 bits per heavy atom. The Hall–Kier alpha value is -2.14. The number of nitrogens with zero attached hydrogens (tertiary/aromatic N) is 2. The Morgan fingerprint density at radius 2 is 2.14 bits per heavy atom. The summed E-state index contributed by atoms with van der Waals surface area (Å²) < 4.78 is 2.79. The summed E-state index contributed by atoms with van der Waals surface area (Å²) in [6.07, 6.45) is 2.59. The molecule has 5 heteroatoms. The monoisotopic (exact) mass is 357 g/mol. The topological polar surface area (TPSA) is 46.4 Å². The van der Waals surface area contributed by atoms with Crippen molar-refractivity contribution in [2.75, 3.05) is 5.32 Å². The number of carbonyl (C=O) groups is 1. The average Bonchev–Trinajstić information content (AvgIpc) is 2.87. The summed E-state index contributed by atoms with van der Waals surface area (Å²) in [6, 6.07) is 11.5. The number of anilines is 1. The number of fused-ring (bicyclic) bond motifs is 1. The van der Waals surface area contributed by atoms with Gasteiger partial charge in [0.15, 0.2) is 0 Å². The number of halogens is 1. The van der Waals surface area contributed by atoms with E-state index in [0.717, 1.165) is 27.1 Å². The van der Waals surface area contributed by atoms with Crippen LogP contribution >= 0.6 is 15.9 Å². The van der Waals surface area contributed by atoms with Gasteiger partial charge in [0.25, 0.3) is 5.91 Å². The molecule has 1 amide bonds. The van der Waals surface area contributed by atoms with Crippen LogP contribution in [0.4, 0.5) is 5.69 Å². The summed E-state index contributed by atoms with van der Waals surface area (Å²) >= 11 is 3.41. The van der Waals surface area contributed by atoms with Crippen LogP contribution in [0, 0.1) is 6.92 Å². The van der Waals surface area contributed by atoms with Crippen LogP contribution in [-0.2, 0) is 6.42 Å². The molecule has 112 valence electrons. The van der Waals surface area contributed by atoms with Gasteiger partial charge in [-0.3, -0.25) is 9.20 Å². The highest BCUT2D eigenvalue weighted by Gasteiger charge is 2.19. The molecule has 22 heavy (non-hydrogen) atoms. The highest BCUT2D eigenvalue weighted by atomic mass is 79.9. The van der Waals surface area contributed by atoms with Gasteiger partial charge in [-0.1, -0.05) is 35.0 Å². The predicted molar refractivity (Wildman–Crippen MR) is 91.4 cm³/mol. The third kappa shape index (κ3) is 2.64. The zero-order valence-electron chi connectivity index (χ0n) is 12.4. The number of aryl methyl sites for hydroxylation is 2. The molecule has 0 bridgehead atoms. The lowest BCUT2D eigenvalue weighted by Crippen LogP contribution is -2.16. The van der Waals surface area contributed by atoms with Crippen LogP contribution in [0.1, 0.15) is 28.7 Å². The molecule has 2 aromatic heterocycles. The second-order valence-corrected chi connectivity index (χ2v) is 6.03. The van der Waals surface area contributed by atoms with Crippen molar-refractivity contribution >= 4 is 33.2 Å². The molecule has 0 saturated carbocycles. The average molecular weight is 358 g/mol. The molecule has 0 atom stereocenters. The van der Waals surface area contributed by atoms with E-state index in [1.165, 1.54) is 0 Å². The quantitative estimate of drug-likeness (QED) is 0.762. The number of pyridine rings is 1. The van der Waals surface area contributed by atoms with Crippen LogP contribution in [0.2, 0.25) is 0 Å². The van der Waals surface area contributed by atoms with Crippen molar-refractivity contribution in [1.82, 2.24) is 9.38 Å². The fourth-order valence-electron chi connectivity index (χ4n) is 2.49. The van der Waals surface area contributed by atoms with Crippen LogP contribution in [0.25, 0.3) is 5.65 Å². The molecular weight excluding hydrogens is 342 g/mol. The number of benzene rings is 1. The van der Waals surface area contributed by atoms with Crippen LogP contribution in [0.15, 0.2) is 47.1 Å². The number of aromatic nitrogens is 2. The molecule has 3 aromatic rings. The van der Waals surface area contributed by atoms with E-state index >= 15 is 0 Å². The molecule has 0 fully saturated rings. The first-order valence-corrected chi connectivity index (χ1v) is 7.93. The molecular formula is C17H16BrN3O. The molecule has 0 radical (unpaired) electrons. The van der Waals surface area contributed by atoms with Gasteiger partial charge in [-0.2, -0.15) is 0 Å². The van der Waals surface area contributed by atoms with Gasteiger partial charge < -0.3 is 5.32 Å². The second kappa shape index (κ2) is 5.93. The summed E-state index contributed by atoms with van der Waals surface area (Å²) in [6.45, 7) is 4.00. The fraction of sp³-hybridized carbons (Fsp3) is 0.176. The first kappa shape index (κ1) is 14.8. The van der Waals surface area contributed by atoms with E-state index < -0.39 is 0 Å². The minimum absolute atomic E-state index is 0.145. The Labute approximate surface area is 137 Å². The number of amides is 1. The van der Waals surface area contributed by atoms with E-state index in [9.17, 15) is 4.79 Å². The zero-order chi connectivity index (χ0) is 15.7. The maximum absolute atomic E-state index is 12.7. The van der Waals surface area contributed by atoms with Crippen LogP contribution in [0.5, 0.6) is 0 Å². The van der Waals surface area contributed by atoms with Gasteiger partial charge >= 0.3 is 0 Å². The lowest BCUT2D eigenvalue weighted by atomic mass is 10.2. The second-order valence-electron chi connectivity index (χ2n) is 5.11. The Balaban J connectivity index is 2.05.